The van der Waals surface area contributed by atoms with E-state index in [0.717, 1.165) is 4.47 Å². The van der Waals surface area contributed by atoms with Gasteiger partial charge in [-0.1, -0.05) is 22.9 Å². The molecule has 0 bridgehead atoms. The van der Waals surface area contributed by atoms with Crippen molar-refractivity contribution in [2.75, 3.05) is 6.54 Å². The molecule has 0 fully saturated rings. The summed E-state index contributed by atoms with van der Waals surface area (Å²) in [6.07, 6.45) is -3.80. The Bertz CT molecular complexity index is 381. The van der Waals surface area contributed by atoms with Crippen LogP contribution in [0.3, 0.4) is 0 Å². The minimum atomic E-state index is -4.25. The van der Waals surface area contributed by atoms with Gasteiger partial charge in [-0.3, -0.25) is 0 Å². The summed E-state index contributed by atoms with van der Waals surface area (Å²) in [5.41, 5.74) is 0.464. The molecule has 1 rings (SSSR count). The van der Waals surface area contributed by atoms with E-state index in [1.54, 1.807) is 19.1 Å². The maximum absolute atomic E-state index is 12.1. The molecule has 0 aliphatic rings. The standard InChI is InChI=1S/C11H13BrF3NO/c1-2-9(16-6-11(13,14)15)8-5-7(12)3-4-10(8)17/h3-5,9,16-17H,2,6H2,1H3. The number of rotatable bonds is 4. The van der Waals surface area contributed by atoms with Crippen LogP contribution in [-0.2, 0) is 0 Å². The topological polar surface area (TPSA) is 32.3 Å². The molecule has 0 saturated carbocycles. The molecule has 0 amide bonds. The van der Waals surface area contributed by atoms with Gasteiger partial charge in [0.25, 0.3) is 0 Å². The van der Waals surface area contributed by atoms with Crippen molar-refractivity contribution in [1.29, 1.82) is 0 Å². The monoisotopic (exact) mass is 311 g/mol. The number of phenolic OH excluding ortho intramolecular Hbond substituents is 1. The smallest absolute Gasteiger partial charge is 0.401 e. The van der Waals surface area contributed by atoms with Crippen molar-refractivity contribution in [1.82, 2.24) is 5.32 Å². The quantitative estimate of drug-likeness (QED) is 0.887. The van der Waals surface area contributed by atoms with Crippen LogP contribution in [0.5, 0.6) is 5.75 Å². The molecule has 0 aliphatic heterocycles. The van der Waals surface area contributed by atoms with E-state index in [-0.39, 0.29) is 5.75 Å². The van der Waals surface area contributed by atoms with Gasteiger partial charge in [-0.25, -0.2) is 0 Å². The second kappa shape index (κ2) is 5.73. The number of phenols is 1. The van der Waals surface area contributed by atoms with Gasteiger partial charge in [-0.05, 0) is 24.6 Å². The van der Waals surface area contributed by atoms with E-state index in [1.165, 1.54) is 6.07 Å². The first kappa shape index (κ1) is 14.3. The van der Waals surface area contributed by atoms with Crippen LogP contribution in [0, 0.1) is 0 Å². The van der Waals surface area contributed by atoms with Crippen LogP contribution in [0.15, 0.2) is 22.7 Å². The average molecular weight is 312 g/mol. The Kier molecular flexibility index (Phi) is 4.82. The fourth-order valence-electron chi connectivity index (χ4n) is 1.52. The number of benzene rings is 1. The molecular formula is C11H13BrF3NO. The number of nitrogens with one attached hydrogen (secondary N) is 1. The van der Waals surface area contributed by atoms with E-state index in [9.17, 15) is 18.3 Å². The van der Waals surface area contributed by atoms with E-state index >= 15 is 0 Å². The summed E-state index contributed by atoms with van der Waals surface area (Å²) in [5.74, 6) is -0.00488. The number of alkyl halides is 3. The lowest BCUT2D eigenvalue weighted by atomic mass is 10.0. The maximum Gasteiger partial charge on any atom is 0.401 e. The van der Waals surface area contributed by atoms with Gasteiger partial charge >= 0.3 is 6.18 Å². The van der Waals surface area contributed by atoms with Crippen molar-refractivity contribution < 1.29 is 18.3 Å². The van der Waals surface area contributed by atoms with E-state index < -0.39 is 18.8 Å². The van der Waals surface area contributed by atoms with Crippen molar-refractivity contribution in [3.05, 3.63) is 28.2 Å². The molecule has 0 heterocycles. The van der Waals surface area contributed by atoms with Crippen LogP contribution in [0.4, 0.5) is 13.2 Å². The first-order valence-electron chi connectivity index (χ1n) is 5.12. The number of aromatic hydroxyl groups is 1. The summed E-state index contributed by atoms with van der Waals surface area (Å²) in [4.78, 5) is 0. The van der Waals surface area contributed by atoms with Gasteiger partial charge in [-0.2, -0.15) is 13.2 Å². The molecular weight excluding hydrogens is 299 g/mol. The Morgan fingerprint density at radius 1 is 1.41 bits per heavy atom. The van der Waals surface area contributed by atoms with Crippen LogP contribution >= 0.6 is 15.9 Å². The molecule has 0 aliphatic carbocycles. The minimum Gasteiger partial charge on any atom is -0.508 e. The maximum atomic E-state index is 12.1. The van der Waals surface area contributed by atoms with E-state index in [0.29, 0.717) is 12.0 Å². The third kappa shape index (κ3) is 4.55. The fourth-order valence-corrected chi connectivity index (χ4v) is 1.90. The van der Waals surface area contributed by atoms with E-state index in [4.69, 9.17) is 0 Å². The van der Waals surface area contributed by atoms with Crippen molar-refractivity contribution >= 4 is 15.9 Å². The molecule has 96 valence electrons. The Hall–Kier alpha value is -0.750. The third-order valence-corrected chi connectivity index (χ3v) is 2.82. The molecule has 2 N–H and O–H groups in total. The molecule has 1 aromatic rings. The zero-order valence-electron chi connectivity index (χ0n) is 9.18. The van der Waals surface area contributed by atoms with Gasteiger partial charge in [-0.15, -0.1) is 0 Å². The van der Waals surface area contributed by atoms with Gasteiger partial charge in [0.05, 0.1) is 6.54 Å². The predicted octanol–water partition coefficient (Wildman–Crippen LogP) is 3.76. The zero-order chi connectivity index (χ0) is 13.1. The normalized spacial score (nSPS) is 13.7. The zero-order valence-corrected chi connectivity index (χ0v) is 10.8. The highest BCUT2D eigenvalue weighted by atomic mass is 79.9. The van der Waals surface area contributed by atoms with Crippen LogP contribution in [-0.4, -0.2) is 17.8 Å². The molecule has 0 saturated heterocycles. The predicted molar refractivity (Wildman–Crippen MR) is 62.9 cm³/mol. The average Bonchev–Trinajstić information content (AvgIpc) is 2.22. The van der Waals surface area contributed by atoms with Gasteiger partial charge in [0.15, 0.2) is 0 Å². The summed E-state index contributed by atoms with van der Waals surface area (Å²) in [6, 6.07) is 4.19. The Morgan fingerprint density at radius 3 is 2.59 bits per heavy atom. The highest BCUT2D eigenvalue weighted by Crippen LogP contribution is 2.29. The first-order chi connectivity index (χ1) is 7.83. The summed E-state index contributed by atoms with van der Waals surface area (Å²) < 4.78 is 37.1. The van der Waals surface area contributed by atoms with Gasteiger partial charge < -0.3 is 10.4 Å². The second-order valence-electron chi connectivity index (χ2n) is 3.66. The van der Waals surface area contributed by atoms with Gasteiger partial charge in [0, 0.05) is 16.1 Å². The molecule has 6 heteroatoms. The van der Waals surface area contributed by atoms with Crippen molar-refractivity contribution in [2.24, 2.45) is 0 Å². The number of hydrogen-bond donors (Lipinski definition) is 2. The van der Waals surface area contributed by atoms with E-state index in [2.05, 4.69) is 21.2 Å². The highest BCUT2D eigenvalue weighted by molar-refractivity contribution is 9.10. The summed E-state index contributed by atoms with van der Waals surface area (Å²) in [5, 5.41) is 12.0. The Labute approximate surface area is 106 Å². The molecule has 2 nitrogen and oxygen atoms in total. The fraction of sp³-hybridized carbons (Fsp3) is 0.455. The number of hydrogen-bond acceptors (Lipinski definition) is 2. The molecule has 1 atom stereocenters. The van der Waals surface area contributed by atoms with E-state index in [1.807, 2.05) is 0 Å². The van der Waals surface area contributed by atoms with Gasteiger partial charge in [0.2, 0.25) is 0 Å². The SMILES string of the molecule is CCC(NCC(F)(F)F)c1cc(Br)ccc1O. The molecule has 1 aromatic carbocycles. The molecule has 1 unspecified atom stereocenters. The summed E-state index contributed by atoms with van der Waals surface area (Å²) in [7, 11) is 0. The lowest BCUT2D eigenvalue weighted by molar-refractivity contribution is -0.126. The molecule has 17 heavy (non-hydrogen) atoms. The minimum absolute atomic E-state index is 0.00488. The summed E-state index contributed by atoms with van der Waals surface area (Å²) in [6.45, 7) is 0.686. The lowest BCUT2D eigenvalue weighted by Gasteiger charge is -2.19. The second-order valence-corrected chi connectivity index (χ2v) is 4.58. The molecule has 0 aromatic heterocycles. The van der Waals surface area contributed by atoms with Crippen LogP contribution in [0.25, 0.3) is 0 Å². The van der Waals surface area contributed by atoms with Crippen molar-refractivity contribution in [3.8, 4) is 5.75 Å². The van der Waals surface area contributed by atoms with Crippen molar-refractivity contribution in [3.63, 3.8) is 0 Å². The van der Waals surface area contributed by atoms with Crippen LogP contribution < -0.4 is 5.32 Å². The first-order valence-corrected chi connectivity index (χ1v) is 5.91. The Morgan fingerprint density at radius 2 is 2.06 bits per heavy atom. The molecule has 0 radical (unpaired) electrons. The van der Waals surface area contributed by atoms with Crippen molar-refractivity contribution in [2.45, 2.75) is 25.6 Å². The van der Waals surface area contributed by atoms with Gasteiger partial charge in [0.1, 0.15) is 5.75 Å². The largest absolute Gasteiger partial charge is 0.508 e. The highest BCUT2D eigenvalue weighted by Gasteiger charge is 2.28. The molecule has 0 spiro atoms. The summed E-state index contributed by atoms with van der Waals surface area (Å²) >= 11 is 3.22. The lowest BCUT2D eigenvalue weighted by Crippen LogP contribution is -2.31. The van der Waals surface area contributed by atoms with Crippen LogP contribution in [0.2, 0.25) is 0 Å². The Balaban J connectivity index is 2.82. The third-order valence-electron chi connectivity index (χ3n) is 2.32. The van der Waals surface area contributed by atoms with Crippen LogP contribution in [0.1, 0.15) is 24.9 Å². The number of halogens is 4.